The lowest BCUT2D eigenvalue weighted by atomic mass is 9.99. The third kappa shape index (κ3) is 4.71. The average Bonchev–Trinajstić information content (AvgIpc) is 3.36. The second kappa shape index (κ2) is 8.34. The molecule has 0 radical (unpaired) electrons. The van der Waals surface area contributed by atoms with Crippen LogP contribution in [-0.4, -0.2) is 66.3 Å². The van der Waals surface area contributed by atoms with Crippen LogP contribution >= 0.6 is 0 Å². The number of likely N-dealkylation sites (tertiary alicyclic amines) is 1. The first-order valence-electron chi connectivity index (χ1n) is 10.1. The number of piperidine rings is 1. The predicted molar refractivity (Wildman–Crippen MR) is 105 cm³/mol. The van der Waals surface area contributed by atoms with Gasteiger partial charge < -0.3 is 14.3 Å². The maximum absolute atomic E-state index is 12.9. The lowest BCUT2D eigenvalue weighted by molar-refractivity contribution is -0.159. The van der Waals surface area contributed by atoms with Crippen LogP contribution in [0.15, 0.2) is 27.9 Å². The van der Waals surface area contributed by atoms with Crippen LogP contribution in [0.3, 0.4) is 0 Å². The van der Waals surface area contributed by atoms with E-state index in [0.29, 0.717) is 45.3 Å². The van der Waals surface area contributed by atoms with Gasteiger partial charge >= 0.3 is 12.1 Å². The Bertz CT molecular complexity index is 1080. The van der Waals surface area contributed by atoms with Crippen molar-refractivity contribution in [1.82, 2.24) is 20.0 Å². The molecule has 0 spiro atoms. The van der Waals surface area contributed by atoms with Crippen molar-refractivity contribution in [2.45, 2.75) is 42.9 Å². The summed E-state index contributed by atoms with van der Waals surface area (Å²) in [6.45, 7) is 1.46. The molecule has 32 heavy (non-hydrogen) atoms. The van der Waals surface area contributed by atoms with Crippen molar-refractivity contribution in [3.05, 3.63) is 29.8 Å². The molecule has 2 saturated heterocycles. The van der Waals surface area contributed by atoms with Gasteiger partial charge in [-0.15, -0.1) is 0 Å². The van der Waals surface area contributed by atoms with E-state index in [2.05, 4.69) is 19.6 Å². The molecular formula is C19H22F3N5O4S. The fourth-order valence-corrected chi connectivity index (χ4v) is 4.75. The first-order valence-corrected chi connectivity index (χ1v) is 12.0. The molecule has 2 aromatic heterocycles. The van der Waals surface area contributed by atoms with Gasteiger partial charge in [0.25, 0.3) is 5.95 Å². The number of anilines is 1. The second-order valence-corrected chi connectivity index (χ2v) is 10.1. The van der Waals surface area contributed by atoms with Gasteiger partial charge in [0.1, 0.15) is 0 Å². The van der Waals surface area contributed by atoms with Gasteiger partial charge in [-0.05, 0) is 42.5 Å². The molecule has 2 aromatic rings. The molecule has 4 heterocycles. The van der Waals surface area contributed by atoms with E-state index >= 15 is 0 Å². The number of sulfone groups is 1. The van der Waals surface area contributed by atoms with Crippen molar-refractivity contribution >= 4 is 21.7 Å². The second-order valence-electron chi connectivity index (χ2n) is 8.11. The highest BCUT2D eigenvalue weighted by atomic mass is 32.2. The highest BCUT2D eigenvalue weighted by Gasteiger charge is 2.40. The molecule has 2 fully saturated rings. The number of pyridine rings is 1. The van der Waals surface area contributed by atoms with Crippen molar-refractivity contribution in [3.8, 4) is 0 Å². The molecule has 0 N–H and O–H groups in total. The molecule has 0 unspecified atom stereocenters. The molecule has 1 amide bonds. The summed E-state index contributed by atoms with van der Waals surface area (Å²) in [6.07, 6.45) is 0.262. The minimum Gasteiger partial charge on any atom is -0.339 e. The number of halogens is 3. The number of aromatic nitrogens is 3. The van der Waals surface area contributed by atoms with Crippen molar-refractivity contribution in [2.75, 3.05) is 30.8 Å². The normalized spacial score (nSPS) is 20.9. The first kappa shape index (κ1) is 22.5. The number of carbonyl (C=O) groups excluding carboxylic acids is 1. The third-order valence-corrected chi connectivity index (χ3v) is 6.86. The third-order valence-electron chi connectivity index (χ3n) is 5.86. The van der Waals surface area contributed by atoms with E-state index in [1.165, 1.54) is 12.3 Å². The van der Waals surface area contributed by atoms with Crippen molar-refractivity contribution < 1.29 is 30.9 Å². The number of amides is 1. The molecule has 0 saturated carbocycles. The maximum atomic E-state index is 12.9. The summed E-state index contributed by atoms with van der Waals surface area (Å²) in [7, 11) is -3.37. The van der Waals surface area contributed by atoms with Gasteiger partial charge in [-0.2, -0.15) is 18.2 Å². The van der Waals surface area contributed by atoms with Gasteiger partial charge in [-0.3, -0.25) is 4.79 Å². The first-order chi connectivity index (χ1) is 15.0. The number of hydrogen-bond donors (Lipinski definition) is 0. The zero-order chi connectivity index (χ0) is 23.1. The van der Waals surface area contributed by atoms with Gasteiger partial charge in [-0.1, -0.05) is 6.07 Å². The lowest BCUT2D eigenvalue weighted by Crippen LogP contribution is -2.46. The highest BCUT2D eigenvalue weighted by molar-refractivity contribution is 7.90. The molecular weight excluding hydrogens is 451 g/mol. The van der Waals surface area contributed by atoms with Crippen LogP contribution in [-0.2, 0) is 27.2 Å². The van der Waals surface area contributed by atoms with Crippen molar-refractivity contribution in [3.63, 3.8) is 0 Å². The quantitative estimate of drug-likeness (QED) is 0.648. The zero-order valence-electron chi connectivity index (χ0n) is 17.2. The summed E-state index contributed by atoms with van der Waals surface area (Å²) >= 11 is 0. The summed E-state index contributed by atoms with van der Waals surface area (Å²) < 4.78 is 65.3. The Morgan fingerprint density at radius 1 is 1.16 bits per heavy atom. The van der Waals surface area contributed by atoms with E-state index in [1.54, 1.807) is 11.0 Å². The maximum Gasteiger partial charge on any atom is 0.471 e. The molecule has 13 heteroatoms. The van der Waals surface area contributed by atoms with Crippen LogP contribution in [0.1, 0.15) is 30.7 Å². The largest absolute Gasteiger partial charge is 0.471 e. The average molecular weight is 473 g/mol. The minimum atomic E-state index is -4.68. The Morgan fingerprint density at radius 3 is 2.44 bits per heavy atom. The molecule has 2 aliphatic rings. The van der Waals surface area contributed by atoms with Gasteiger partial charge in [0.2, 0.25) is 5.91 Å². The Balaban J connectivity index is 1.32. The van der Waals surface area contributed by atoms with Crippen LogP contribution < -0.4 is 4.90 Å². The summed E-state index contributed by atoms with van der Waals surface area (Å²) in [5.41, 5.74) is 0.796. The number of rotatable bonds is 5. The summed E-state index contributed by atoms with van der Waals surface area (Å²) in [5, 5.41) is 3.42. The van der Waals surface area contributed by atoms with E-state index < -0.39 is 21.9 Å². The zero-order valence-corrected chi connectivity index (χ0v) is 18.1. The van der Waals surface area contributed by atoms with Crippen LogP contribution in [0.2, 0.25) is 0 Å². The molecule has 174 valence electrons. The van der Waals surface area contributed by atoms with Crippen LogP contribution in [0.25, 0.3) is 0 Å². The van der Waals surface area contributed by atoms with E-state index in [4.69, 9.17) is 0 Å². The topological polar surface area (TPSA) is 110 Å². The molecule has 9 nitrogen and oxygen atoms in total. The molecule has 0 aliphatic carbocycles. The monoisotopic (exact) mass is 473 g/mol. The number of alkyl halides is 3. The van der Waals surface area contributed by atoms with Crippen molar-refractivity contribution in [1.29, 1.82) is 0 Å². The van der Waals surface area contributed by atoms with E-state index in [9.17, 15) is 26.4 Å². The number of carbonyl (C=O) groups is 1. The van der Waals surface area contributed by atoms with Crippen LogP contribution in [0.5, 0.6) is 0 Å². The number of nitrogens with zero attached hydrogens (tertiary/aromatic N) is 5. The Kier molecular flexibility index (Phi) is 5.86. The lowest BCUT2D eigenvalue weighted by Gasteiger charge is -2.36. The summed E-state index contributed by atoms with van der Waals surface area (Å²) in [5.74, 6) is -1.63. The molecule has 2 aliphatic heterocycles. The molecule has 0 aromatic carbocycles. The molecule has 1 atom stereocenters. The minimum absolute atomic E-state index is 0.00322. The highest BCUT2D eigenvalue weighted by Crippen LogP contribution is 2.31. The van der Waals surface area contributed by atoms with Gasteiger partial charge in [0.15, 0.2) is 14.9 Å². The van der Waals surface area contributed by atoms with E-state index in [0.717, 1.165) is 11.8 Å². The molecule has 0 bridgehead atoms. The fraction of sp³-hybridized carbons (Fsp3) is 0.579. The SMILES string of the molecule is CS(=O)(=O)c1ccc(C[C@H]2CCN(C3CCN(c4noc(C(F)(F)F)n4)CC3)C2=O)cn1. The van der Waals surface area contributed by atoms with Gasteiger partial charge in [-0.25, -0.2) is 13.4 Å². The number of hydrogen-bond acceptors (Lipinski definition) is 8. The smallest absolute Gasteiger partial charge is 0.339 e. The fourth-order valence-electron chi connectivity index (χ4n) is 4.19. The predicted octanol–water partition coefficient (Wildman–Crippen LogP) is 1.95. The van der Waals surface area contributed by atoms with E-state index in [-0.39, 0.29) is 28.8 Å². The van der Waals surface area contributed by atoms with Crippen LogP contribution in [0.4, 0.5) is 19.1 Å². The van der Waals surface area contributed by atoms with E-state index in [1.807, 2.05) is 4.90 Å². The Morgan fingerprint density at radius 2 is 1.88 bits per heavy atom. The van der Waals surface area contributed by atoms with Crippen molar-refractivity contribution in [2.24, 2.45) is 5.92 Å². The van der Waals surface area contributed by atoms with Crippen LogP contribution in [0, 0.1) is 5.92 Å². The Labute approximate surface area is 182 Å². The summed E-state index contributed by atoms with van der Waals surface area (Å²) in [4.78, 5) is 23.8. The van der Waals surface area contributed by atoms with Gasteiger partial charge in [0.05, 0.1) is 0 Å². The summed E-state index contributed by atoms with van der Waals surface area (Å²) in [6, 6.07) is 3.13. The van der Waals surface area contributed by atoms with Gasteiger partial charge in [0, 0.05) is 44.0 Å². The standard InChI is InChI=1S/C19H22F3N5O4S/c1-32(29,30)15-3-2-12(11-23-15)10-13-4-9-27(16(13)28)14-5-7-26(8-6-14)18-24-17(31-25-18)19(20,21)22/h2-3,11,13-14H,4-10H2,1H3/t13-/m1/s1. The Hall–Kier alpha value is -2.70. The molecule has 4 rings (SSSR count).